The number of aryl methyl sites for hydroxylation is 1. The Morgan fingerprint density at radius 3 is 2.55 bits per heavy atom. The zero-order valence-corrected chi connectivity index (χ0v) is 21.1. The van der Waals surface area contributed by atoms with Gasteiger partial charge in [-0.25, -0.2) is 12.7 Å². The van der Waals surface area contributed by atoms with Gasteiger partial charge < -0.3 is 5.32 Å². The van der Waals surface area contributed by atoms with Crippen molar-refractivity contribution >= 4 is 27.7 Å². The van der Waals surface area contributed by atoms with Gasteiger partial charge in [-0.3, -0.25) is 9.36 Å². The molecule has 33 heavy (non-hydrogen) atoms. The van der Waals surface area contributed by atoms with Crippen LogP contribution in [0.25, 0.3) is 17.1 Å². The van der Waals surface area contributed by atoms with Crippen molar-refractivity contribution in [2.24, 2.45) is 0 Å². The molecule has 1 heterocycles. The molecule has 176 valence electrons. The quantitative estimate of drug-likeness (QED) is 0.464. The van der Waals surface area contributed by atoms with E-state index in [1.54, 1.807) is 24.3 Å². The average Bonchev–Trinajstić information content (AvgIpc) is 3.21. The molecule has 0 fully saturated rings. The minimum Gasteiger partial charge on any atom is -0.353 e. The van der Waals surface area contributed by atoms with E-state index in [0.717, 1.165) is 17.7 Å². The molecular weight excluding hydrogens is 458 g/mol. The summed E-state index contributed by atoms with van der Waals surface area (Å²) in [4.78, 5) is 12.5. The normalized spacial score (nSPS) is 12.7. The zero-order chi connectivity index (χ0) is 24.2. The van der Waals surface area contributed by atoms with E-state index < -0.39 is 10.0 Å². The second-order valence-corrected chi connectivity index (χ2v) is 11.1. The molecule has 0 saturated heterocycles. The first kappa shape index (κ1) is 24.9. The third-order valence-corrected chi connectivity index (χ3v) is 7.86. The lowest BCUT2D eigenvalue weighted by molar-refractivity contribution is -0.119. The van der Waals surface area contributed by atoms with E-state index in [0.29, 0.717) is 16.5 Å². The first-order chi connectivity index (χ1) is 15.6. The van der Waals surface area contributed by atoms with E-state index in [-0.39, 0.29) is 22.6 Å². The van der Waals surface area contributed by atoms with Crippen molar-refractivity contribution in [1.82, 2.24) is 24.4 Å². The Bertz CT molecular complexity index is 1240. The number of amides is 1. The van der Waals surface area contributed by atoms with Gasteiger partial charge in [-0.15, -0.1) is 10.2 Å². The van der Waals surface area contributed by atoms with E-state index in [1.165, 1.54) is 30.2 Å². The average molecular weight is 488 g/mol. The third-order valence-electron chi connectivity index (χ3n) is 5.12. The summed E-state index contributed by atoms with van der Waals surface area (Å²) in [5, 5.41) is 12.2. The number of nitrogens with zero attached hydrogens (tertiary/aromatic N) is 4. The molecule has 0 saturated carbocycles. The molecule has 0 unspecified atom stereocenters. The minimum atomic E-state index is -3.60. The van der Waals surface area contributed by atoms with Gasteiger partial charge >= 0.3 is 0 Å². The Morgan fingerprint density at radius 2 is 1.88 bits per heavy atom. The predicted octanol–water partition coefficient (Wildman–Crippen LogP) is 3.50. The highest BCUT2D eigenvalue weighted by atomic mass is 32.2. The number of thioether (sulfide) groups is 1. The Kier molecular flexibility index (Phi) is 7.93. The zero-order valence-electron chi connectivity index (χ0n) is 19.4. The number of nitrogens with one attached hydrogen (secondary N) is 1. The largest absolute Gasteiger partial charge is 0.353 e. The summed E-state index contributed by atoms with van der Waals surface area (Å²) in [5.41, 5.74) is 2.50. The molecule has 2 aromatic carbocycles. The fourth-order valence-electron chi connectivity index (χ4n) is 3.11. The molecule has 0 aliphatic heterocycles. The number of aromatic nitrogens is 3. The highest BCUT2D eigenvalue weighted by Gasteiger charge is 2.21. The number of sulfonamides is 1. The molecule has 0 spiro atoms. The number of hydrogen-bond acceptors (Lipinski definition) is 6. The summed E-state index contributed by atoms with van der Waals surface area (Å²) in [6, 6.07) is 14.6. The standard InChI is InChI=1S/C23H29N5O3S2/c1-6-17(3)24-21(29)15-32-23-26-25-22(28(23)19-11-7-9-16(2)13-19)18-10-8-12-20(14-18)33(30,31)27(4)5/h7-14,17H,6,15H2,1-5H3,(H,24,29)/t17-/m0/s1. The van der Waals surface area contributed by atoms with E-state index in [9.17, 15) is 13.2 Å². The molecule has 0 aliphatic carbocycles. The summed E-state index contributed by atoms with van der Waals surface area (Å²) in [7, 11) is -0.610. The predicted molar refractivity (Wildman–Crippen MR) is 131 cm³/mol. The van der Waals surface area contributed by atoms with Crippen LogP contribution in [0.4, 0.5) is 0 Å². The molecule has 1 atom stereocenters. The van der Waals surface area contributed by atoms with Gasteiger partial charge in [0.2, 0.25) is 15.9 Å². The first-order valence-electron chi connectivity index (χ1n) is 10.6. The minimum absolute atomic E-state index is 0.0752. The summed E-state index contributed by atoms with van der Waals surface area (Å²) in [6.45, 7) is 5.97. The van der Waals surface area contributed by atoms with Crippen molar-refractivity contribution in [2.75, 3.05) is 19.8 Å². The lowest BCUT2D eigenvalue weighted by atomic mass is 10.2. The molecule has 0 radical (unpaired) electrons. The van der Waals surface area contributed by atoms with Gasteiger partial charge in [0.05, 0.1) is 10.6 Å². The lowest BCUT2D eigenvalue weighted by Crippen LogP contribution is -2.33. The van der Waals surface area contributed by atoms with Crippen LogP contribution >= 0.6 is 11.8 Å². The van der Waals surface area contributed by atoms with Crippen LogP contribution in [0.15, 0.2) is 58.6 Å². The molecule has 3 aromatic rings. The van der Waals surface area contributed by atoms with Gasteiger partial charge in [0.25, 0.3) is 0 Å². The second kappa shape index (κ2) is 10.5. The first-order valence-corrected chi connectivity index (χ1v) is 13.0. The third kappa shape index (κ3) is 5.82. The van der Waals surface area contributed by atoms with E-state index in [4.69, 9.17) is 0 Å². The van der Waals surface area contributed by atoms with Crippen molar-refractivity contribution in [3.63, 3.8) is 0 Å². The Hall–Kier alpha value is -2.69. The number of carbonyl (C=O) groups excluding carboxylic acids is 1. The smallest absolute Gasteiger partial charge is 0.242 e. The van der Waals surface area contributed by atoms with Crippen molar-refractivity contribution in [1.29, 1.82) is 0 Å². The Morgan fingerprint density at radius 1 is 1.15 bits per heavy atom. The Balaban J connectivity index is 2.04. The molecule has 10 heteroatoms. The summed E-state index contributed by atoms with van der Waals surface area (Å²) in [6.07, 6.45) is 0.853. The maximum Gasteiger partial charge on any atom is 0.242 e. The van der Waals surface area contributed by atoms with Gasteiger partial charge in [-0.1, -0.05) is 43.0 Å². The van der Waals surface area contributed by atoms with Crippen LogP contribution in [-0.2, 0) is 14.8 Å². The number of rotatable bonds is 9. The van der Waals surface area contributed by atoms with Crippen molar-refractivity contribution in [2.45, 2.75) is 43.3 Å². The van der Waals surface area contributed by atoms with Crippen LogP contribution in [0.1, 0.15) is 25.8 Å². The van der Waals surface area contributed by atoms with Crippen LogP contribution in [0.3, 0.4) is 0 Å². The topological polar surface area (TPSA) is 97.2 Å². The lowest BCUT2D eigenvalue weighted by Gasteiger charge is -2.14. The molecule has 8 nitrogen and oxygen atoms in total. The van der Waals surface area contributed by atoms with E-state index in [2.05, 4.69) is 15.5 Å². The number of benzene rings is 2. The SMILES string of the molecule is CC[C@H](C)NC(=O)CSc1nnc(-c2cccc(S(=O)(=O)N(C)C)c2)n1-c1cccc(C)c1. The van der Waals surface area contributed by atoms with Crippen molar-refractivity contribution in [3.05, 3.63) is 54.1 Å². The highest BCUT2D eigenvalue weighted by Crippen LogP contribution is 2.30. The van der Waals surface area contributed by atoms with Gasteiger partial charge in [0.1, 0.15) is 0 Å². The molecular formula is C23H29N5O3S2. The fraction of sp³-hybridized carbons (Fsp3) is 0.348. The number of carbonyl (C=O) groups is 1. The number of hydrogen-bond donors (Lipinski definition) is 1. The van der Waals surface area contributed by atoms with Crippen LogP contribution in [0.2, 0.25) is 0 Å². The van der Waals surface area contributed by atoms with Crippen molar-refractivity contribution < 1.29 is 13.2 Å². The summed E-state index contributed by atoms with van der Waals surface area (Å²) >= 11 is 1.29. The van der Waals surface area contributed by atoms with E-state index in [1.807, 2.05) is 49.6 Å². The molecule has 1 aromatic heterocycles. The van der Waals surface area contributed by atoms with Gasteiger partial charge in [0.15, 0.2) is 11.0 Å². The molecule has 0 bridgehead atoms. The maximum atomic E-state index is 12.6. The van der Waals surface area contributed by atoms with Crippen LogP contribution < -0.4 is 5.32 Å². The van der Waals surface area contributed by atoms with Crippen LogP contribution in [0, 0.1) is 6.92 Å². The molecule has 0 aliphatic rings. The maximum absolute atomic E-state index is 12.6. The second-order valence-electron chi connectivity index (χ2n) is 7.96. The van der Waals surface area contributed by atoms with E-state index >= 15 is 0 Å². The fourth-order valence-corrected chi connectivity index (χ4v) is 4.82. The van der Waals surface area contributed by atoms with Gasteiger partial charge in [0, 0.05) is 31.4 Å². The molecule has 1 amide bonds. The highest BCUT2D eigenvalue weighted by molar-refractivity contribution is 7.99. The van der Waals surface area contributed by atoms with Gasteiger partial charge in [-0.2, -0.15) is 0 Å². The summed E-state index contributed by atoms with van der Waals surface area (Å²) < 4.78 is 28.3. The van der Waals surface area contributed by atoms with Crippen LogP contribution in [0.5, 0.6) is 0 Å². The monoisotopic (exact) mass is 487 g/mol. The molecule has 3 rings (SSSR count). The molecule has 1 N–H and O–H groups in total. The van der Waals surface area contributed by atoms with Gasteiger partial charge in [-0.05, 0) is 50.1 Å². The Labute approximate surface area is 199 Å². The van der Waals surface area contributed by atoms with Crippen LogP contribution in [-0.4, -0.2) is 59.3 Å². The summed E-state index contributed by atoms with van der Waals surface area (Å²) in [5.74, 6) is 0.624. The van der Waals surface area contributed by atoms with Crippen molar-refractivity contribution in [3.8, 4) is 17.1 Å².